The van der Waals surface area contributed by atoms with Crippen molar-refractivity contribution in [3.05, 3.63) is 29.7 Å². The predicted octanol–water partition coefficient (Wildman–Crippen LogP) is 1.18. The Balaban J connectivity index is 0.00000162. The van der Waals surface area contributed by atoms with Gasteiger partial charge < -0.3 is 15.5 Å². The van der Waals surface area contributed by atoms with Crippen molar-refractivity contribution in [1.82, 2.24) is 10.3 Å². The summed E-state index contributed by atoms with van der Waals surface area (Å²) in [5.74, 6) is 0.462. The first-order chi connectivity index (χ1) is 8.20. The van der Waals surface area contributed by atoms with Gasteiger partial charge in [0, 0.05) is 13.0 Å². The molecule has 0 aliphatic rings. The molecule has 1 aromatic carbocycles. The third-order valence-electron chi connectivity index (χ3n) is 2.51. The SMILES string of the molecule is Cc1cccc2oc(CCNC(=O)CN)nc12.Cl. The number of aryl methyl sites for hydroxylation is 1. The maximum Gasteiger partial charge on any atom is 0.233 e. The van der Waals surface area contributed by atoms with Crippen LogP contribution in [0.4, 0.5) is 0 Å². The molecule has 1 heterocycles. The zero-order chi connectivity index (χ0) is 12.3. The van der Waals surface area contributed by atoms with E-state index in [1.807, 2.05) is 25.1 Å². The number of benzene rings is 1. The first-order valence-corrected chi connectivity index (χ1v) is 5.52. The lowest BCUT2D eigenvalue weighted by Gasteiger charge is -1.99. The van der Waals surface area contributed by atoms with E-state index in [2.05, 4.69) is 10.3 Å². The Kier molecular flexibility index (Phi) is 5.12. The van der Waals surface area contributed by atoms with E-state index in [1.165, 1.54) is 0 Å². The number of carbonyl (C=O) groups excluding carboxylic acids is 1. The number of nitrogens with one attached hydrogen (secondary N) is 1. The van der Waals surface area contributed by atoms with Gasteiger partial charge in [-0.1, -0.05) is 12.1 Å². The summed E-state index contributed by atoms with van der Waals surface area (Å²) in [5, 5.41) is 2.68. The highest BCUT2D eigenvalue weighted by Gasteiger charge is 2.07. The van der Waals surface area contributed by atoms with Crippen LogP contribution in [-0.4, -0.2) is 24.0 Å². The summed E-state index contributed by atoms with van der Waals surface area (Å²) in [6, 6.07) is 5.81. The van der Waals surface area contributed by atoms with Gasteiger partial charge in [-0.25, -0.2) is 4.98 Å². The molecule has 0 saturated carbocycles. The Labute approximate surface area is 111 Å². The molecule has 2 aromatic rings. The van der Waals surface area contributed by atoms with Crippen molar-refractivity contribution in [3.63, 3.8) is 0 Å². The van der Waals surface area contributed by atoms with Gasteiger partial charge in [0.1, 0.15) is 5.52 Å². The lowest BCUT2D eigenvalue weighted by Crippen LogP contribution is -2.31. The topological polar surface area (TPSA) is 81.2 Å². The minimum atomic E-state index is -0.169. The van der Waals surface area contributed by atoms with Crippen LogP contribution >= 0.6 is 12.4 Å². The third-order valence-corrected chi connectivity index (χ3v) is 2.51. The number of amides is 1. The fourth-order valence-corrected chi connectivity index (χ4v) is 1.62. The quantitative estimate of drug-likeness (QED) is 0.873. The molecule has 0 fully saturated rings. The average molecular weight is 270 g/mol. The molecule has 98 valence electrons. The molecule has 3 N–H and O–H groups in total. The van der Waals surface area contributed by atoms with Crippen LogP contribution in [0, 0.1) is 6.92 Å². The normalized spacial score (nSPS) is 10.1. The fourth-order valence-electron chi connectivity index (χ4n) is 1.62. The van der Waals surface area contributed by atoms with Crippen molar-refractivity contribution in [2.75, 3.05) is 13.1 Å². The maximum atomic E-state index is 10.9. The van der Waals surface area contributed by atoms with Gasteiger partial charge in [-0.3, -0.25) is 4.79 Å². The fraction of sp³-hybridized carbons (Fsp3) is 0.333. The van der Waals surface area contributed by atoms with Crippen LogP contribution < -0.4 is 11.1 Å². The minimum absolute atomic E-state index is 0. The summed E-state index contributed by atoms with van der Waals surface area (Å²) < 4.78 is 5.57. The van der Waals surface area contributed by atoms with Crippen LogP contribution in [0.3, 0.4) is 0 Å². The van der Waals surface area contributed by atoms with Crippen molar-refractivity contribution < 1.29 is 9.21 Å². The number of hydrogen-bond acceptors (Lipinski definition) is 4. The summed E-state index contributed by atoms with van der Waals surface area (Å²) in [4.78, 5) is 15.3. The van der Waals surface area contributed by atoms with Crippen molar-refractivity contribution in [2.24, 2.45) is 5.73 Å². The lowest BCUT2D eigenvalue weighted by atomic mass is 10.2. The number of fused-ring (bicyclic) bond motifs is 1. The summed E-state index contributed by atoms with van der Waals surface area (Å²) >= 11 is 0. The Morgan fingerprint density at radius 1 is 1.50 bits per heavy atom. The van der Waals surface area contributed by atoms with Crippen molar-refractivity contribution >= 4 is 29.4 Å². The van der Waals surface area contributed by atoms with E-state index >= 15 is 0 Å². The zero-order valence-corrected chi connectivity index (χ0v) is 10.9. The summed E-state index contributed by atoms with van der Waals surface area (Å²) in [6.07, 6.45) is 0.569. The highest BCUT2D eigenvalue weighted by Crippen LogP contribution is 2.18. The van der Waals surface area contributed by atoms with Crippen molar-refractivity contribution in [2.45, 2.75) is 13.3 Å². The molecule has 5 nitrogen and oxygen atoms in total. The first-order valence-electron chi connectivity index (χ1n) is 5.52. The number of halogens is 1. The van der Waals surface area contributed by atoms with Gasteiger partial charge >= 0.3 is 0 Å². The van der Waals surface area contributed by atoms with Gasteiger partial charge in [-0.05, 0) is 18.6 Å². The minimum Gasteiger partial charge on any atom is -0.441 e. The molecule has 6 heteroatoms. The van der Waals surface area contributed by atoms with Gasteiger partial charge in [0.25, 0.3) is 0 Å². The van der Waals surface area contributed by atoms with Gasteiger partial charge in [-0.2, -0.15) is 0 Å². The molecule has 1 aromatic heterocycles. The number of nitrogens with zero attached hydrogens (tertiary/aromatic N) is 1. The van der Waals surface area contributed by atoms with Crippen molar-refractivity contribution in [1.29, 1.82) is 0 Å². The number of rotatable bonds is 4. The van der Waals surface area contributed by atoms with Gasteiger partial charge in [-0.15, -0.1) is 12.4 Å². The predicted molar refractivity (Wildman–Crippen MR) is 71.8 cm³/mol. The number of hydrogen-bond donors (Lipinski definition) is 2. The standard InChI is InChI=1S/C12H15N3O2.ClH/c1-8-3-2-4-9-12(8)15-11(17-9)5-6-14-10(16)7-13;/h2-4H,5-7,13H2,1H3,(H,14,16);1H. The highest BCUT2D eigenvalue weighted by atomic mass is 35.5. The van der Waals surface area contributed by atoms with Gasteiger partial charge in [0.15, 0.2) is 11.5 Å². The Morgan fingerprint density at radius 3 is 2.94 bits per heavy atom. The Bertz CT molecular complexity index is 539. The number of nitrogens with two attached hydrogens (primary N) is 1. The van der Waals surface area contributed by atoms with Crippen LogP contribution in [0.5, 0.6) is 0 Å². The zero-order valence-electron chi connectivity index (χ0n) is 10.1. The molecule has 0 aliphatic carbocycles. The highest BCUT2D eigenvalue weighted by molar-refractivity contribution is 5.85. The molecule has 0 saturated heterocycles. The van der Waals surface area contributed by atoms with Crippen LogP contribution in [0.15, 0.2) is 22.6 Å². The summed E-state index contributed by atoms with van der Waals surface area (Å²) in [6.45, 7) is 2.49. The first kappa shape index (κ1) is 14.5. The molecular formula is C12H16ClN3O2. The number of carbonyl (C=O) groups is 1. The van der Waals surface area contributed by atoms with E-state index < -0.39 is 0 Å². The molecule has 0 bridgehead atoms. The third kappa shape index (κ3) is 3.21. The van der Waals surface area contributed by atoms with E-state index in [-0.39, 0.29) is 24.9 Å². The number of para-hydroxylation sites is 1. The Hall–Kier alpha value is -1.59. The number of aromatic nitrogens is 1. The maximum absolute atomic E-state index is 10.9. The van der Waals surface area contributed by atoms with E-state index in [1.54, 1.807) is 0 Å². The molecule has 18 heavy (non-hydrogen) atoms. The van der Waals surface area contributed by atoms with Crippen LogP contribution in [0.25, 0.3) is 11.1 Å². The summed E-state index contributed by atoms with van der Waals surface area (Å²) in [5.41, 5.74) is 7.93. The molecule has 1 amide bonds. The second kappa shape index (κ2) is 6.37. The molecule has 2 rings (SSSR count). The van der Waals surface area contributed by atoms with Crippen molar-refractivity contribution in [3.8, 4) is 0 Å². The van der Waals surface area contributed by atoms with E-state index in [4.69, 9.17) is 10.2 Å². The van der Waals surface area contributed by atoms with E-state index in [0.29, 0.717) is 18.9 Å². The molecule has 0 atom stereocenters. The second-order valence-electron chi connectivity index (χ2n) is 3.83. The van der Waals surface area contributed by atoms with Crippen LogP contribution in [0.2, 0.25) is 0 Å². The average Bonchev–Trinajstić information content (AvgIpc) is 2.73. The Morgan fingerprint density at radius 2 is 2.28 bits per heavy atom. The van der Waals surface area contributed by atoms with Gasteiger partial charge in [0.2, 0.25) is 5.91 Å². The van der Waals surface area contributed by atoms with Gasteiger partial charge in [0.05, 0.1) is 6.54 Å². The largest absolute Gasteiger partial charge is 0.441 e. The monoisotopic (exact) mass is 269 g/mol. The number of oxazole rings is 1. The molecular weight excluding hydrogens is 254 g/mol. The lowest BCUT2D eigenvalue weighted by molar-refractivity contribution is -0.119. The van der Waals surface area contributed by atoms with Crippen LogP contribution in [-0.2, 0) is 11.2 Å². The second-order valence-corrected chi connectivity index (χ2v) is 3.83. The van der Waals surface area contributed by atoms with Crippen LogP contribution in [0.1, 0.15) is 11.5 Å². The molecule has 0 radical (unpaired) electrons. The van der Waals surface area contributed by atoms with E-state index in [9.17, 15) is 4.79 Å². The van der Waals surface area contributed by atoms with E-state index in [0.717, 1.165) is 16.7 Å². The molecule has 0 aliphatic heterocycles. The summed E-state index contributed by atoms with van der Waals surface area (Å²) in [7, 11) is 0. The molecule has 0 unspecified atom stereocenters. The molecule has 0 spiro atoms. The smallest absolute Gasteiger partial charge is 0.233 e.